The van der Waals surface area contributed by atoms with Crippen LogP contribution in [0, 0.1) is 5.92 Å². The van der Waals surface area contributed by atoms with Crippen molar-refractivity contribution < 1.29 is 19.4 Å². The first-order valence-corrected chi connectivity index (χ1v) is 6.60. The monoisotopic (exact) mass is 299 g/mol. The predicted molar refractivity (Wildman–Crippen MR) is 75.8 cm³/mol. The smallest absolute Gasteiger partial charge is 0.334 e. The average molecular weight is 300 g/mol. The van der Waals surface area contributed by atoms with E-state index >= 15 is 0 Å². The molecular weight excluding hydrogens is 282 g/mol. The van der Waals surface area contributed by atoms with Gasteiger partial charge in [-0.25, -0.2) is 4.79 Å². The molecule has 0 spiro atoms. The van der Waals surface area contributed by atoms with Crippen LogP contribution >= 0.6 is 11.6 Å². The number of carboxylic acids is 1. The summed E-state index contributed by atoms with van der Waals surface area (Å²) in [4.78, 5) is 22.7. The normalized spacial score (nSPS) is 13.6. The molecule has 0 radical (unpaired) electrons. The van der Waals surface area contributed by atoms with Crippen LogP contribution < -0.4 is 5.32 Å². The Labute approximate surface area is 122 Å². The summed E-state index contributed by atoms with van der Waals surface area (Å²) in [5.41, 5.74) is 0.887. The summed E-state index contributed by atoms with van der Waals surface area (Å²) in [7, 11) is 1.29. The molecule has 1 rings (SSSR count). The SMILES string of the molecule is COC(CNC(=O)C(C)Cc1ccccc1Cl)C(=O)O. The number of nitrogens with one attached hydrogen (secondary N) is 1. The van der Waals surface area contributed by atoms with Gasteiger partial charge in [-0.15, -0.1) is 0 Å². The van der Waals surface area contributed by atoms with Gasteiger partial charge < -0.3 is 15.2 Å². The summed E-state index contributed by atoms with van der Waals surface area (Å²) >= 11 is 6.04. The lowest BCUT2D eigenvalue weighted by Gasteiger charge is -2.15. The van der Waals surface area contributed by atoms with Gasteiger partial charge in [0.05, 0.1) is 6.54 Å². The topological polar surface area (TPSA) is 75.6 Å². The van der Waals surface area contributed by atoms with E-state index in [9.17, 15) is 9.59 Å². The third kappa shape index (κ3) is 4.83. The van der Waals surface area contributed by atoms with Crippen molar-refractivity contribution in [1.29, 1.82) is 0 Å². The van der Waals surface area contributed by atoms with E-state index in [1.54, 1.807) is 13.0 Å². The molecule has 1 aromatic carbocycles. The predicted octanol–water partition coefficient (Wildman–Crippen LogP) is 1.73. The lowest BCUT2D eigenvalue weighted by molar-refractivity contribution is -0.148. The van der Waals surface area contributed by atoms with Gasteiger partial charge in [-0.3, -0.25) is 4.79 Å². The number of carbonyl (C=O) groups is 2. The van der Waals surface area contributed by atoms with E-state index < -0.39 is 12.1 Å². The van der Waals surface area contributed by atoms with Gasteiger partial charge >= 0.3 is 5.97 Å². The van der Waals surface area contributed by atoms with Gasteiger partial charge in [0, 0.05) is 18.1 Å². The van der Waals surface area contributed by atoms with Crippen molar-refractivity contribution in [2.45, 2.75) is 19.4 Å². The first-order chi connectivity index (χ1) is 9.45. The zero-order chi connectivity index (χ0) is 15.1. The Morgan fingerprint density at radius 1 is 1.40 bits per heavy atom. The largest absolute Gasteiger partial charge is 0.479 e. The molecule has 1 aromatic rings. The van der Waals surface area contributed by atoms with Crippen molar-refractivity contribution in [3.63, 3.8) is 0 Å². The van der Waals surface area contributed by atoms with Crippen LogP contribution in [-0.4, -0.2) is 36.7 Å². The van der Waals surface area contributed by atoms with Crippen molar-refractivity contribution in [2.75, 3.05) is 13.7 Å². The number of aliphatic carboxylic acids is 1. The molecule has 1 amide bonds. The second-order valence-electron chi connectivity index (χ2n) is 4.50. The number of carbonyl (C=O) groups excluding carboxylic acids is 1. The van der Waals surface area contributed by atoms with Gasteiger partial charge in [0.25, 0.3) is 0 Å². The molecule has 0 saturated heterocycles. The Morgan fingerprint density at radius 2 is 2.05 bits per heavy atom. The Bertz CT molecular complexity index is 478. The summed E-state index contributed by atoms with van der Waals surface area (Å²) in [6.45, 7) is 1.71. The zero-order valence-electron chi connectivity index (χ0n) is 11.4. The molecule has 0 fully saturated rings. The molecule has 110 valence electrons. The molecule has 2 atom stereocenters. The maximum absolute atomic E-state index is 11.9. The molecule has 5 nitrogen and oxygen atoms in total. The fourth-order valence-corrected chi connectivity index (χ4v) is 1.94. The van der Waals surface area contributed by atoms with Crippen LogP contribution in [0.3, 0.4) is 0 Å². The first kappa shape index (κ1) is 16.5. The van der Waals surface area contributed by atoms with Gasteiger partial charge in [-0.1, -0.05) is 36.7 Å². The first-order valence-electron chi connectivity index (χ1n) is 6.22. The second kappa shape index (κ2) is 7.87. The van der Waals surface area contributed by atoms with Crippen molar-refractivity contribution in [1.82, 2.24) is 5.32 Å². The lowest BCUT2D eigenvalue weighted by Crippen LogP contribution is -2.40. The number of amides is 1. The molecule has 0 bridgehead atoms. The number of hydrogen-bond acceptors (Lipinski definition) is 3. The van der Waals surface area contributed by atoms with E-state index in [0.29, 0.717) is 11.4 Å². The lowest BCUT2D eigenvalue weighted by atomic mass is 10.0. The van der Waals surface area contributed by atoms with Crippen molar-refractivity contribution >= 4 is 23.5 Å². The van der Waals surface area contributed by atoms with E-state index in [-0.39, 0.29) is 18.4 Å². The molecule has 0 aliphatic rings. The maximum Gasteiger partial charge on any atom is 0.334 e. The minimum Gasteiger partial charge on any atom is -0.479 e. The summed E-state index contributed by atoms with van der Waals surface area (Å²) in [5.74, 6) is -1.64. The molecule has 0 heterocycles. The third-order valence-corrected chi connectivity index (χ3v) is 3.32. The van der Waals surface area contributed by atoms with Crippen LogP contribution in [0.2, 0.25) is 5.02 Å². The van der Waals surface area contributed by atoms with Crippen LogP contribution in [0.4, 0.5) is 0 Å². The van der Waals surface area contributed by atoms with E-state index in [1.807, 2.05) is 18.2 Å². The Kier molecular flexibility index (Phi) is 6.48. The molecule has 0 saturated carbocycles. The van der Waals surface area contributed by atoms with Gasteiger partial charge in [-0.2, -0.15) is 0 Å². The Hall–Kier alpha value is -1.59. The standard InChI is InChI=1S/C14H18ClNO4/c1-9(7-10-5-3-4-6-11(10)15)13(17)16-8-12(20-2)14(18)19/h3-6,9,12H,7-8H2,1-2H3,(H,16,17)(H,18,19). The summed E-state index contributed by atoms with van der Waals surface area (Å²) in [5, 5.41) is 12.0. The zero-order valence-corrected chi connectivity index (χ0v) is 12.2. The number of methoxy groups -OCH3 is 1. The van der Waals surface area contributed by atoms with Crippen LogP contribution in [0.5, 0.6) is 0 Å². The molecule has 0 aromatic heterocycles. The third-order valence-electron chi connectivity index (χ3n) is 2.95. The summed E-state index contributed by atoms with van der Waals surface area (Å²) in [6, 6.07) is 7.32. The summed E-state index contributed by atoms with van der Waals surface area (Å²) in [6.07, 6.45) is -0.539. The van der Waals surface area contributed by atoms with Crippen molar-refractivity contribution in [3.05, 3.63) is 34.9 Å². The molecule has 2 unspecified atom stereocenters. The fraction of sp³-hybridized carbons (Fsp3) is 0.429. The highest BCUT2D eigenvalue weighted by Crippen LogP contribution is 2.18. The quantitative estimate of drug-likeness (QED) is 0.804. The van der Waals surface area contributed by atoms with Crippen LogP contribution in [-0.2, 0) is 20.7 Å². The Balaban J connectivity index is 2.51. The van der Waals surface area contributed by atoms with E-state index in [4.69, 9.17) is 21.4 Å². The van der Waals surface area contributed by atoms with Crippen molar-refractivity contribution in [2.24, 2.45) is 5.92 Å². The average Bonchev–Trinajstić information content (AvgIpc) is 2.41. The minimum absolute atomic E-state index is 0.0580. The second-order valence-corrected chi connectivity index (χ2v) is 4.91. The molecule has 0 aliphatic heterocycles. The van der Waals surface area contributed by atoms with Gasteiger partial charge in [0.1, 0.15) is 0 Å². The number of rotatable bonds is 7. The number of benzene rings is 1. The molecular formula is C14H18ClNO4. The van der Waals surface area contributed by atoms with Crippen molar-refractivity contribution in [3.8, 4) is 0 Å². The van der Waals surface area contributed by atoms with Crippen LogP contribution in [0.25, 0.3) is 0 Å². The fourth-order valence-electron chi connectivity index (χ4n) is 1.73. The number of halogens is 1. The van der Waals surface area contributed by atoms with Crippen LogP contribution in [0.15, 0.2) is 24.3 Å². The molecule has 6 heteroatoms. The Morgan fingerprint density at radius 3 is 2.60 bits per heavy atom. The highest BCUT2D eigenvalue weighted by molar-refractivity contribution is 6.31. The maximum atomic E-state index is 11.9. The molecule has 20 heavy (non-hydrogen) atoms. The molecule has 0 aliphatic carbocycles. The van der Waals surface area contributed by atoms with E-state index in [2.05, 4.69) is 5.32 Å². The van der Waals surface area contributed by atoms with E-state index in [1.165, 1.54) is 7.11 Å². The number of hydrogen-bond donors (Lipinski definition) is 2. The van der Waals surface area contributed by atoms with Gasteiger partial charge in [-0.05, 0) is 18.1 Å². The highest BCUT2D eigenvalue weighted by atomic mass is 35.5. The minimum atomic E-state index is -1.11. The van der Waals surface area contributed by atoms with E-state index in [0.717, 1.165) is 5.56 Å². The van der Waals surface area contributed by atoms with Gasteiger partial charge in [0.2, 0.25) is 5.91 Å². The number of ether oxygens (including phenoxy) is 1. The number of carboxylic acid groups (broad SMARTS) is 1. The molecule has 2 N–H and O–H groups in total. The highest BCUT2D eigenvalue weighted by Gasteiger charge is 2.20. The van der Waals surface area contributed by atoms with Crippen LogP contribution in [0.1, 0.15) is 12.5 Å². The summed E-state index contributed by atoms with van der Waals surface area (Å²) < 4.78 is 4.74. The van der Waals surface area contributed by atoms with Gasteiger partial charge in [0.15, 0.2) is 6.10 Å².